The smallest absolute Gasteiger partial charge is 0.311 e. The van der Waals surface area contributed by atoms with Crippen LogP contribution in [0.4, 0.5) is 11.4 Å². The van der Waals surface area contributed by atoms with Gasteiger partial charge in [-0.2, -0.15) is 0 Å². The Morgan fingerprint density at radius 2 is 1.76 bits per heavy atom. The Balaban J connectivity index is 1.62. The van der Waals surface area contributed by atoms with Crippen molar-refractivity contribution in [3.63, 3.8) is 0 Å². The number of anilines is 2. The fraction of sp³-hybridized carbons (Fsp3) is 0.400. The van der Waals surface area contributed by atoms with Crippen LogP contribution in [-0.2, 0) is 32.0 Å². The maximum absolute atomic E-state index is 12.6. The average molecular weight is 455 g/mol. The summed E-state index contributed by atoms with van der Waals surface area (Å²) in [5.41, 5.74) is 3.35. The van der Waals surface area contributed by atoms with Crippen LogP contribution in [0.5, 0.6) is 11.5 Å². The molecule has 1 heterocycles. The van der Waals surface area contributed by atoms with Crippen molar-refractivity contribution >= 4 is 29.2 Å². The maximum atomic E-state index is 12.6. The van der Waals surface area contributed by atoms with Gasteiger partial charge in [-0.15, -0.1) is 0 Å². The van der Waals surface area contributed by atoms with Gasteiger partial charge >= 0.3 is 5.97 Å². The lowest BCUT2D eigenvalue weighted by atomic mass is 10.0. The molecule has 1 atom stereocenters. The van der Waals surface area contributed by atoms with Gasteiger partial charge in [0.25, 0.3) is 5.91 Å². The number of methoxy groups -OCH3 is 2. The highest BCUT2D eigenvalue weighted by Crippen LogP contribution is 2.36. The fourth-order valence-electron chi connectivity index (χ4n) is 3.94. The van der Waals surface area contributed by atoms with Crippen LogP contribution in [0.3, 0.4) is 0 Å². The van der Waals surface area contributed by atoms with E-state index in [1.807, 2.05) is 32.0 Å². The number of hydrogen-bond donors (Lipinski definition) is 1. The molecule has 1 N–H and O–H groups in total. The van der Waals surface area contributed by atoms with E-state index >= 15 is 0 Å². The van der Waals surface area contributed by atoms with Crippen molar-refractivity contribution in [3.05, 3.63) is 47.5 Å². The monoisotopic (exact) mass is 454 g/mol. The lowest BCUT2D eigenvalue weighted by Crippen LogP contribution is -2.28. The number of nitrogens with zero attached hydrogens (tertiary/aromatic N) is 1. The molecule has 0 radical (unpaired) electrons. The third-order valence-corrected chi connectivity index (χ3v) is 5.74. The number of hydrogen-bond acceptors (Lipinski definition) is 6. The zero-order valence-corrected chi connectivity index (χ0v) is 19.5. The van der Waals surface area contributed by atoms with Crippen molar-refractivity contribution in [2.24, 2.45) is 5.92 Å². The van der Waals surface area contributed by atoms with Gasteiger partial charge in [0.15, 0.2) is 6.61 Å². The van der Waals surface area contributed by atoms with Crippen LogP contribution >= 0.6 is 0 Å². The van der Waals surface area contributed by atoms with E-state index in [9.17, 15) is 14.4 Å². The van der Waals surface area contributed by atoms with Crippen LogP contribution in [0, 0.1) is 5.92 Å². The highest BCUT2D eigenvalue weighted by atomic mass is 16.5. The molecule has 2 amide bonds. The minimum Gasteiger partial charge on any atom is -0.497 e. The number of para-hydroxylation sites is 1. The number of carbonyl (C=O) groups is 3. The molecule has 8 nitrogen and oxygen atoms in total. The molecule has 8 heteroatoms. The standard InChI is InChI=1S/C25H30N2O6/c1-5-16-8-7-9-17(6-2)24(16)26-22(28)15-33-25(30)18-12-23(29)27(14-18)20-13-19(31-3)10-11-21(20)32-4/h7-11,13,18H,5-6,12,14-15H2,1-4H3,(H,26,28)/t18-/m0/s1. The summed E-state index contributed by atoms with van der Waals surface area (Å²) in [6.07, 6.45) is 1.55. The first kappa shape index (κ1) is 24.1. The van der Waals surface area contributed by atoms with Crippen molar-refractivity contribution < 1.29 is 28.6 Å². The van der Waals surface area contributed by atoms with E-state index in [-0.39, 0.29) is 18.9 Å². The number of amides is 2. The molecular formula is C25H30N2O6. The van der Waals surface area contributed by atoms with Gasteiger partial charge in [0.1, 0.15) is 11.5 Å². The topological polar surface area (TPSA) is 94.2 Å². The Kier molecular flexibility index (Phi) is 7.92. The first-order chi connectivity index (χ1) is 15.9. The molecule has 1 aliphatic heterocycles. The lowest BCUT2D eigenvalue weighted by molar-refractivity contribution is -0.151. The van der Waals surface area contributed by atoms with Crippen LogP contribution < -0.4 is 19.7 Å². The second kappa shape index (κ2) is 10.8. The molecule has 1 fully saturated rings. The molecule has 33 heavy (non-hydrogen) atoms. The van der Waals surface area contributed by atoms with Crippen LogP contribution in [0.2, 0.25) is 0 Å². The first-order valence-electron chi connectivity index (χ1n) is 11.0. The highest BCUT2D eigenvalue weighted by Gasteiger charge is 2.37. The molecular weight excluding hydrogens is 424 g/mol. The minimum absolute atomic E-state index is 0.000528. The Morgan fingerprint density at radius 1 is 1.06 bits per heavy atom. The zero-order chi connectivity index (χ0) is 24.0. The SMILES string of the molecule is CCc1cccc(CC)c1NC(=O)COC(=O)[C@H]1CC(=O)N(c2cc(OC)ccc2OC)C1. The van der Waals surface area contributed by atoms with Gasteiger partial charge in [-0.1, -0.05) is 32.0 Å². The van der Waals surface area contributed by atoms with E-state index in [1.54, 1.807) is 18.2 Å². The number of benzene rings is 2. The predicted molar refractivity (Wildman–Crippen MR) is 125 cm³/mol. The number of ether oxygens (including phenoxy) is 3. The van der Waals surface area contributed by atoms with E-state index in [4.69, 9.17) is 14.2 Å². The first-order valence-corrected chi connectivity index (χ1v) is 11.0. The molecule has 0 aliphatic carbocycles. The summed E-state index contributed by atoms with van der Waals surface area (Å²) in [6, 6.07) is 11.0. The van der Waals surface area contributed by atoms with Gasteiger partial charge in [0.2, 0.25) is 5.91 Å². The Hall–Kier alpha value is -3.55. The van der Waals surface area contributed by atoms with Crippen molar-refractivity contribution in [2.75, 3.05) is 37.6 Å². The molecule has 2 aromatic carbocycles. The van der Waals surface area contributed by atoms with Gasteiger partial charge in [-0.25, -0.2) is 0 Å². The summed E-state index contributed by atoms with van der Waals surface area (Å²) in [4.78, 5) is 39.2. The van der Waals surface area contributed by atoms with Crippen molar-refractivity contribution in [1.82, 2.24) is 0 Å². The van der Waals surface area contributed by atoms with Gasteiger partial charge in [-0.3, -0.25) is 14.4 Å². The maximum Gasteiger partial charge on any atom is 0.311 e. The van der Waals surface area contributed by atoms with E-state index in [2.05, 4.69) is 5.32 Å². The second-order valence-corrected chi connectivity index (χ2v) is 7.76. The van der Waals surface area contributed by atoms with Gasteiger partial charge in [-0.05, 0) is 36.1 Å². The number of rotatable bonds is 9. The second-order valence-electron chi connectivity index (χ2n) is 7.76. The largest absolute Gasteiger partial charge is 0.497 e. The summed E-state index contributed by atoms with van der Waals surface area (Å²) in [5, 5.41) is 2.87. The quantitative estimate of drug-likeness (QED) is 0.584. The van der Waals surface area contributed by atoms with Crippen LogP contribution in [0.1, 0.15) is 31.4 Å². The van der Waals surface area contributed by atoms with Crippen LogP contribution in [-0.4, -0.2) is 45.2 Å². The van der Waals surface area contributed by atoms with Crippen LogP contribution in [0.15, 0.2) is 36.4 Å². The summed E-state index contributed by atoms with van der Waals surface area (Å²) < 4.78 is 15.9. The molecule has 0 saturated carbocycles. The molecule has 0 unspecified atom stereocenters. The number of carbonyl (C=O) groups excluding carboxylic acids is 3. The zero-order valence-electron chi connectivity index (χ0n) is 19.5. The normalized spacial score (nSPS) is 15.3. The summed E-state index contributed by atoms with van der Waals surface area (Å²) in [5.74, 6) is -0.816. The summed E-state index contributed by atoms with van der Waals surface area (Å²) in [7, 11) is 3.04. The van der Waals surface area contributed by atoms with Gasteiger partial charge in [0.05, 0.1) is 25.8 Å². The third kappa shape index (κ3) is 5.45. The van der Waals surface area contributed by atoms with Gasteiger partial charge < -0.3 is 24.4 Å². The number of aryl methyl sites for hydroxylation is 2. The van der Waals surface area contributed by atoms with E-state index in [0.29, 0.717) is 17.2 Å². The van der Waals surface area contributed by atoms with Gasteiger partial charge in [0, 0.05) is 24.7 Å². The van der Waals surface area contributed by atoms with E-state index in [1.165, 1.54) is 19.1 Å². The molecule has 0 bridgehead atoms. The highest BCUT2D eigenvalue weighted by molar-refractivity contribution is 6.01. The fourth-order valence-corrected chi connectivity index (χ4v) is 3.94. The average Bonchev–Trinajstić information content (AvgIpc) is 3.23. The molecule has 176 valence electrons. The molecule has 0 aromatic heterocycles. The molecule has 1 aliphatic rings. The summed E-state index contributed by atoms with van der Waals surface area (Å²) in [6.45, 7) is 3.77. The molecule has 3 rings (SSSR count). The molecule has 2 aromatic rings. The Bertz CT molecular complexity index is 1010. The van der Waals surface area contributed by atoms with Crippen molar-refractivity contribution in [3.8, 4) is 11.5 Å². The van der Waals surface area contributed by atoms with Crippen molar-refractivity contribution in [1.29, 1.82) is 0 Å². The number of esters is 1. The summed E-state index contributed by atoms with van der Waals surface area (Å²) >= 11 is 0. The van der Waals surface area contributed by atoms with Crippen molar-refractivity contribution in [2.45, 2.75) is 33.1 Å². The number of nitrogens with one attached hydrogen (secondary N) is 1. The van der Waals surface area contributed by atoms with E-state index in [0.717, 1.165) is 29.7 Å². The molecule has 0 spiro atoms. The lowest BCUT2D eigenvalue weighted by Gasteiger charge is -2.20. The Morgan fingerprint density at radius 3 is 2.36 bits per heavy atom. The van der Waals surface area contributed by atoms with E-state index < -0.39 is 24.4 Å². The molecule has 1 saturated heterocycles. The van der Waals surface area contributed by atoms with Crippen LogP contribution in [0.25, 0.3) is 0 Å². The predicted octanol–water partition coefficient (Wildman–Crippen LogP) is 3.36. The minimum atomic E-state index is -0.671. The Labute approximate surface area is 193 Å². The third-order valence-electron chi connectivity index (χ3n) is 5.74.